The topological polar surface area (TPSA) is 41.6 Å². The maximum absolute atomic E-state index is 12.2. The van der Waals surface area contributed by atoms with Crippen LogP contribution < -0.4 is 10.1 Å². The minimum atomic E-state index is 0.248. The van der Waals surface area contributed by atoms with Crippen molar-refractivity contribution in [3.8, 4) is 5.75 Å². The van der Waals surface area contributed by atoms with Crippen molar-refractivity contribution in [2.24, 2.45) is 0 Å². The summed E-state index contributed by atoms with van der Waals surface area (Å²) in [4.78, 5) is 14.2. The number of ether oxygens (including phenoxy) is 1. The molecule has 4 nitrogen and oxygen atoms in total. The average Bonchev–Trinajstić information content (AvgIpc) is 2.69. The van der Waals surface area contributed by atoms with Crippen LogP contribution in [0.15, 0.2) is 30.3 Å². The Morgan fingerprint density at radius 1 is 1.40 bits per heavy atom. The van der Waals surface area contributed by atoms with Crippen molar-refractivity contribution in [3.05, 3.63) is 30.3 Å². The molecule has 110 valence electrons. The van der Waals surface area contributed by atoms with Gasteiger partial charge in [-0.15, -0.1) is 0 Å². The molecule has 1 aromatic rings. The van der Waals surface area contributed by atoms with Gasteiger partial charge >= 0.3 is 0 Å². The van der Waals surface area contributed by atoms with E-state index in [2.05, 4.69) is 12.2 Å². The molecule has 4 heteroatoms. The van der Waals surface area contributed by atoms with E-state index in [9.17, 15) is 4.79 Å². The highest BCUT2D eigenvalue weighted by Gasteiger charge is 2.21. The first kappa shape index (κ1) is 14.9. The first-order valence-electron chi connectivity index (χ1n) is 7.45. The molecule has 1 atom stereocenters. The Labute approximate surface area is 121 Å². The number of hydrogen-bond acceptors (Lipinski definition) is 3. The van der Waals surface area contributed by atoms with Crippen molar-refractivity contribution in [2.45, 2.75) is 32.2 Å². The van der Waals surface area contributed by atoms with Crippen molar-refractivity contribution >= 4 is 5.91 Å². The van der Waals surface area contributed by atoms with Gasteiger partial charge in [-0.05, 0) is 38.4 Å². The molecule has 2 rings (SSSR count). The second-order valence-corrected chi connectivity index (χ2v) is 5.26. The number of amides is 1. The van der Waals surface area contributed by atoms with Gasteiger partial charge in [0.2, 0.25) is 5.91 Å². The molecule has 0 aromatic heterocycles. The number of rotatable bonds is 5. The Hall–Kier alpha value is -1.55. The molecule has 0 saturated carbocycles. The van der Waals surface area contributed by atoms with Gasteiger partial charge in [-0.2, -0.15) is 0 Å². The lowest BCUT2D eigenvalue weighted by atomic mass is 10.2. The van der Waals surface area contributed by atoms with Crippen LogP contribution in [-0.4, -0.2) is 43.1 Å². The molecule has 1 heterocycles. The molecule has 1 saturated heterocycles. The van der Waals surface area contributed by atoms with Crippen LogP contribution in [0.25, 0.3) is 0 Å². The summed E-state index contributed by atoms with van der Waals surface area (Å²) >= 11 is 0. The molecule has 1 aromatic carbocycles. The van der Waals surface area contributed by atoms with Gasteiger partial charge in [-0.1, -0.05) is 18.2 Å². The van der Waals surface area contributed by atoms with Crippen molar-refractivity contribution in [3.63, 3.8) is 0 Å². The van der Waals surface area contributed by atoms with E-state index >= 15 is 0 Å². The molecule has 1 aliphatic rings. The predicted octanol–water partition coefficient (Wildman–Crippen LogP) is 2.06. The maximum atomic E-state index is 12.2. The molecular formula is C16H24N2O2. The molecule has 1 aliphatic heterocycles. The zero-order valence-corrected chi connectivity index (χ0v) is 12.2. The molecule has 20 heavy (non-hydrogen) atoms. The minimum Gasteiger partial charge on any atom is -0.494 e. The SMILES string of the molecule is CC1CNCCCN1C(=O)CCCOc1ccccc1. The molecule has 0 bridgehead atoms. The predicted molar refractivity (Wildman–Crippen MR) is 79.8 cm³/mol. The fourth-order valence-electron chi connectivity index (χ4n) is 2.46. The van der Waals surface area contributed by atoms with Crippen LogP contribution >= 0.6 is 0 Å². The van der Waals surface area contributed by atoms with E-state index in [1.165, 1.54) is 0 Å². The van der Waals surface area contributed by atoms with Crippen molar-refractivity contribution in [1.29, 1.82) is 0 Å². The quantitative estimate of drug-likeness (QED) is 0.837. The molecule has 0 aliphatic carbocycles. The third kappa shape index (κ3) is 4.53. The molecular weight excluding hydrogens is 252 g/mol. The van der Waals surface area contributed by atoms with E-state index in [-0.39, 0.29) is 5.91 Å². The number of nitrogens with one attached hydrogen (secondary N) is 1. The lowest BCUT2D eigenvalue weighted by molar-refractivity contribution is -0.133. The number of para-hydroxylation sites is 1. The lowest BCUT2D eigenvalue weighted by Crippen LogP contribution is -2.41. The van der Waals surface area contributed by atoms with Crippen molar-refractivity contribution in [1.82, 2.24) is 10.2 Å². The Balaban J connectivity index is 1.69. The summed E-state index contributed by atoms with van der Waals surface area (Å²) in [5, 5.41) is 3.35. The van der Waals surface area contributed by atoms with Crippen LogP contribution in [0.5, 0.6) is 5.75 Å². The average molecular weight is 276 g/mol. The Morgan fingerprint density at radius 2 is 2.20 bits per heavy atom. The molecule has 1 N–H and O–H groups in total. The fourth-order valence-corrected chi connectivity index (χ4v) is 2.46. The van der Waals surface area contributed by atoms with Gasteiger partial charge in [0.05, 0.1) is 6.61 Å². The maximum Gasteiger partial charge on any atom is 0.222 e. The van der Waals surface area contributed by atoms with Gasteiger partial charge in [0.15, 0.2) is 0 Å². The minimum absolute atomic E-state index is 0.248. The van der Waals surface area contributed by atoms with E-state index in [0.29, 0.717) is 19.1 Å². The standard InChI is InChI=1S/C16H24N2O2/c1-14-13-17-10-6-11-18(14)16(19)9-5-12-20-15-7-3-2-4-8-15/h2-4,7-8,14,17H,5-6,9-13H2,1H3. The first-order chi connectivity index (χ1) is 9.77. The van der Waals surface area contributed by atoms with E-state index in [4.69, 9.17) is 4.74 Å². The molecule has 1 fully saturated rings. The van der Waals surface area contributed by atoms with E-state index in [1.807, 2.05) is 35.2 Å². The van der Waals surface area contributed by atoms with Crippen molar-refractivity contribution < 1.29 is 9.53 Å². The van der Waals surface area contributed by atoms with Crippen LogP contribution in [0.3, 0.4) is 0 Å². The monoisotopic (exact) mass is 276 g/mol. The van der Waals surface area contributed by atoms with Gasteiger partial charge in [-0.25, -0.2) is 0 Å². The number of carbonyl (C=O) groups is 1. The number of nitrogens with zero attached hydrogens (tertiary/aromatic N) is 1. The second-order valence-electron chi connectivity index (χ2n) is 5.26. The highest BCUT2D eigenvalue weighted by atomic mass is 16.5. The Kier molecular flexibility index (Phi) is 5.87. The zero-order chi connectivity index (χ0) is 14.2. The normalized spacial score (nSPS) is 19.4. The molecule has 0 spiro atoms. The van der Waals surface area contributed by atoms with Crippen LogP contribution in [-0.2, 0) is 4.79 Å². The van der Waals surface area contributed by atoms with E-state index < -0.39 is 0 Å². The summed E-state index contributed by atoms with van der Waals surface area (Å²) in [6, 6.07) is 10.0. The van der Waals surface area contributed by atoms with Crippen LogP contribution in [0.1, 0.15) is 26.2 Å². The summed E-state index contributed by atoms with van der Waals surface area (Å²) in [5.41, 5.74) is 0. The van der Waals surface area contributed by atoms with Crippen LogP contribution in [0, 0.1) is 0 Å². The van der Waals surface area contributed by atoms with Crippen LogP contribution in [0.4, 0.5) is 0 Å². The zero-order valence-electron chi connectivity index (χ0n) is 12.2. The molecule has 0 radical (unpaired) electrons. The van der Waals surface area contributed by atoms with Gasteiger partial charge in [-0.3, -0.25) is 4.79 Å². The first-order valence-corrected chi connectivity index (χ1v) is 7.45. The second kappa shape index (κ2) is 7.90. The summed E-state index contributed by atoms with van der Waals surface area (Å²) in [5.74, 6) is 1.12. The number of benzene rings is 1. The molecule has 1 amide bonds. The van der Waals surface area contributed by atoms with Gasteiger partial charge in [0.25, 0.3) is 0 Å². The number of carbonyl (C=O) groups excluding carboxylic acids is 1. The summed E-state index contributed by atoms with van der Waals surface area (Å²) in [6.07, 6.45) is 2.37. The van der Waals surface area contributed by atoms with E-state index in [0.717, 1.165) is 38.2 Å². The third-order valence-electron chi connectivity index (χ3n) is 3.59. The highest BCUT2D eigenvalue weighted by Crippen LogP contribution is 2.10. The van der Waals surface area contributed by atoms with Gasteiger partial charge < -0.3 is 15.0 Å². The summed E-state index contributed by atoms with van der Waals surface area (Å²) in [7, 11) is 0. The largest absolute Gasteiger partial charge is 0.494 e. The van der Waals surface area contributed by atoms with Crippen molar-refractivity contribution in [2.75, 3.05) is 26.2 Å². The Bertz CT molecular complexity index is 408. The van der Waals surface area contributed by atoms with Crippen LogP contribution in [0.2, 0.25) is 0 Å². The smallest absolute Gasteiger partial charge is 0.222 e. The third-order valence-corrected chi connectivity index (χ3v) is 3.59. The molecule has 1 unspecified atom stereocenters. The Morgan fingerprint density at radius 3 is 3.00 bits per heavy atom. The summed E-state index contributed by atoms with van der Waals surface area (Å²) < 4.78 is 5.61. The number of hydrogen-bond donors (Lipinski definition) is 1. The highest BCUT2D eigenvalue weighted by molar-refractivity contribution is 5.76. The van der Waals surface area contributed by atoms with Gasteiger partial charge in [0, 0.05) is 25.6 Å². The lowest BCUT2D eigenvalue weighted by Gasteiger charge is -2.26. The van der Waals surface area contributed by atoms with Gasteiger partial charge in [0.1, 0.15) is 5.75 Å². The van der Waals surface area contributed by atoms with E-state index in [1.54, 1.807) is 0 Å². The summed E-state index contributed by atoms with van der Waals surface area (Å²) in [6.45, 7) is 5.47. The fraction of sp³-hybridized carbons (Fsp3) is 0.562.